The Morgan fingerprint density at radius 3 is 3.06 bits per heavy atom. The van der Waals surface area contributed by atoms with E-state index in [1.54, 1.807) is 6.92 Å². The van der Waals surface area contributed by atoms with Gasteiger partial charge in [0.15, 0.2) is 10.8 Å². The fraction of sp³-hybridized carbons (Fsp3) is 0.600. The highest BCUT2D eigenvalue weighted by molar-refractivity contribution is 8.00. The molecule has 0 amide bonds. The van der Waals surface area contributed by atoms with Gasteiger partial charge >= 0.3 is 5.97 Å². The van der Waals surface area contributed by atoms with Crippen molar-refractivity contribution in [1.82, 2.24) is 4.98 Å². The summed E-state index contributed by atoms with van der Waals surface area (Å²) < 4.78 is 0. The molecule has 1 aliphatic rings. The second-order valence-electron chi connectivity index (χ2n) is 3.74. The first-order valence-corrected chi connectivity index (χ1v) is 7.09. The second-order valence-corrected chi connectivity index (χ2v) is 6.36. The third-order valence-corrected chi connectivity index (χ3v) is 4.83. The van der Waals surface area contributed by atoms with Gasteiger partial charge in [-0.25, -0.2) is 9.78 Å². The number of nitrogens with one attached hydrogen (secondary N) is 1. The summed E-state index contributed by atoms with van der Waals surface area (Å²) in [5.74, 6) is 0.293. The van der Waals surface area contributed by atoms with Gasteiger partial charge in [-0.05, 0) is 25.5 Å². The van der Waals surface area contributed by atoms with Crippen molar-refractivity contribution in [3.05, 3.63) is 10.6 Å². The monoisotopic (exact) mass is 258 g/mol. The largest absolute Gasteiger partial charge is 0.476 e. The summed E-state index contributed by atoms with van der Waals surface area (Å²) >= 11 is 3.39. The van der Waals surface area contributed by atoms with Gasteiger partial charge in [0, 0.05) is 16.7 Å². The molecule has 0 spiro atoms. The molecule has 6 heteroatoms. The number of anilines is 1. The lowest BCUT2D eigenvalue weighted by atomic mass is 10.2. The number of aryl methyl sites for hydroxylation is 1. The number of aromatic nitrogens is 1. The summed E-state index contributed by atoms with van der Waals surface area (Å²) in [6, 6.07) is 0. The highest BCUT2D eigenvalue weighted by Crippen LogP contribution is 2.27. The van der Waals surface area contributed by atoms with Crippen LogP contribution in [-0.4, -0.2) is 33.6 Å². The zero-order valence-corrected chi connectivity index (χ0v) is 10.7. The van der Waals surface area contributed by atoms with Crippen molar-refractivity contribution < 1.29 is 9.90 Å². The normalized spacial score (nSPS) is 19.9. The van der Waals surface area contributed by atoms with Crippen LogP contribution >= 0.6 is 23.1 Å². The average molecular weight is 258 g/mol. The van der Waals surface area contributed by atoms with Crippen LogP contribution in [0.2, 0.25) is 0 Å². The predicted molar refractivity (Wildman–Crippen MR) is 67.8 cm³/mol. The van der Waals surface area contributed by atoms with Gasteiger partial charge in [-0.15, -0.1) is 11.3 Å². The van der Waals surface area contributed by atoms with Crippen molar-refractivity contribution in [3.8, 4) is 0 Å². The highest BCUT2D eigenvalue weighted by Gasteiger charge is 2.17. The molecule has 88 valence electrons. The Kier molecular flexibility index (Phi) is 3.70. The molecule has 1 saturated heterocycles. The Labute approximate surface area is 102 Å². The standard InChI is InChI=1S/C10H14N2O2S2/c1-6-8(9(13)14)12-10(16-6)11-5-7-3-2-4-15-7/h7H,2-5H2,1H3,(H,11,12)(H,13,14). The molecule has 0 saturated carbocycles. The van der Waals surface area contributed by atoms with Gasteiger partial charge in [-0.1, -0.05) is 0 Å². The lowest BCUT2D eigenvalue weighted by Gasteiger charge is -2.08. The third kappa shape index (κ3) is 2.68. The summed E-state index contributed by atoms with van der Waals surface area (Å²) in [6.07, 6.45) is 2.53. The van der Waals surface area contributed by atoms with Crippen molar-refractivity contribution in [2.24, 2.45) is 0 Å². The average Bonchev–Trinajstić information content (AvgIpc) is 2.83. The van der Waals surface area contributed by atoms with E-state index < -0.39 is 5.97 Å². The maximum Gasteiger partial charge on any atom is 0.355 e. The lowest BCUT2D eigenvalue weighted by molar-refractivity contribution is 0.0690. The van der Waals surface area contributed by atoms with E-state index in [0.29, 0.717) is 5.25 Å². The molecule has 0 radical (unpaired) electrons. The highest BCUT2D eigenvalue weighted by atomic mass is 32.2. The summed E-state index contributed by atoms with van der Waals surface area (Å²) in [7, 11) is 0. The van der Waals surface area contributed by atoms with E-state index in [2.05, 4.69) is 10.3 Å². The molecule has 4 nitrogen and oxygen atoms in total. The Morgan fingerprint density at radius 1 is 1.69 bits per heavy atom. The van der Waals surface area contributed by atoms with Gasteiger partial charge < -0.3 is 10.4 Å². The number of thiazole rings is 1. The minimum Gasteiger partial charge on any atom is -0.476 e. The molecule has 1 fully saturated rings. The van der Waals surface area contributed by atoms with E-state index in [0.717, 1.165) is 16.6 Å². The quantitative estimate of drug-likeness (QED) is 0.868. The van der Waals surface area contributed by atoms with Crippen molar-refractivity contribution in [2.75, 3.05) is 17.6 Å². The molecule has 1 aromatic rings. The van der Waals surface area contributed by atoms with E-state index in [9.17, 15) is 4.79 Å². The van der Waals surface area contributed by atoms with E-state index in [1.807, 2.05) is 11.8 Å². The van der Waals surface area contributed by atoms with Gasteiger partial charge in [0.05, 0.1) is 0 Å². The predicted octanol–water partition coefficient (Wildman–Crippen LogP) is 2.46. The molecule has 1 aromatic heterocycles. The van der Waals surface area contributed by atoms with E-state index >= 15 is 0 Å². The summed E-state index contributed by atoms with van der Waals surface area (Å²) in [6.45, 7) is 2.67. The molecule has 1 unspecified atom stereocenters. The number of rotatable bonds is 4. The van der Waals surface area contributed by atoms with Crippen LogP contribution in [0.3, 0.4) is 0 Å². The van der Waals surface area contributed by atoms with Gasteiger partial charge in [0.2, 0.25) is 0 Å². The Balaban J connectivity index is 1.94. The van der Waals surface area contributed by atoms with Crippen LogP contribution in [0.25, 0.3) is 0 Å². The molecule has 2 heterocycles. The summed E-state index contributed by atoms with van der Waals surface area (Å²) in [5, 5.41) is 13.5. The molecule has 2 N–H and O–H groups in total. The third-order valence-electron chi connectivity index (χ3n) is 2.50. The van der Waals surface area contributed by atoms with Crippen molar-refractivity contribution in [2.45, 2.75) is 25.0 Å². The Bertz CT molecular complexity index is 386. The minimum absolute atomic E-state index is 0.173. The molecule has 0 aliphatic carbocycles. The topological polar surface area (TPSA) is 62.2 Å². The van der Waals surface area contributed by atoms with Crippen molar-refractivity contribution >= 4 is 34.2 Å². The molecule has 0 bridgehead atoms. The fourth-order valence-corrected chi connectivity index (χ4v) is 3.69. The smallest absolute Gasteiger partial charge is 0.355 e. The van der Waals surface area contributed by atoms with E-state index in [4.69, 9.17) is 5.11 Å². The van der Waals surface area contributed by atoms with Gasteiger partial charge in [-0.2, -0.15) is 11.8 Å². The molecule has 1 aliphatic heterocycles. The van der Waals surface area contributed by atoms with E-state index in [-0.39, 0.29) is 5.69 Å². The van der Waals surface area contributed by atoms with Crippen LogP contribution in [0.1, 0.15) is 28.2 Å². The molecular formula is C10H14N2O2S2. The molecule has 0 aromatic carbocycles. The van der Waals surface area contributed by atoms with Crippen LogP contribution in [-0.2, 0) is 0 Å². The molecule has 1 atom stereocenters. The first-order chi connectivity index (χ1) is 7.66. The molecule has 16 heavy (non-hydrogen) atoms. The number of carboxylic acids is 1. The lowest BCUT2D eigenvalue weighted by Crippen LogP contribution is -2.13. The maximum absolute atomic E-state index is 10.8. The zero-order valence-electron chi connectivity index (χ0n) is 9.02. The van der Waals surface area contributed by atoms with Gasteiger partial charge in [0.1, 0.15) is 0 Å². The van der Waals surface area contributed by atoms with Gasteiger partial charge in [0.25, 0.3) is 0 Å². The molecule has 2 rings (SSSR count). The number of hydrogen-bond acceptors (Lipinski definition) is 5. The number of aromatic carboxylic acids is 1. The number of hydrogen-bond donors (Lipinski definition) is 2. The zero-order chi connectivity index (χ0) is 11.5. The second kappa shape index (κ2) is 5.05. The summed E-state index contributed by atoms with van der Waals surface area (Å²) in [5.41, 5.74) is 0.173. The Morgan fingerprint density at radius 2 is 2.50 bits per heavy atom. The maximum atomic E-state index is 10.8. The van der Waals surface area contributed by atoms with Crippen molar-refractivity contribution in [1.29, 1.82) is 0 Å². The Hall–Kier alpha value is -0.750. The van der Waals surface area contributed by atoms with E-state index in [1.165, 1.54) is 29.9 Å². The van der Waals surface area contributed by atoms with Crippen LogP contribution in [0.5, 0.6) is 0 Å². The van der Waals surface area contributed by atoms with Crippen LogP contribution < -0.4 is 5.32 Å². The first kappa shape index (κ1) is 11.7. The number of nitrogens with zero attached hydrogens (tertiary/aromatic N) is 1. The number of carboxylic acid groups (broad SMARTS) is 1. The van der Waals surface area contributed by atoms with Crippen LogP contribution in [0.4, 0.5) is 5.13 Å². The SMILES string of the molecule is Cc1sc(NCC2CCCS2)nc1C(=O)O. The molecular weight excluding hydrogens is 244 g/mol. The number of thioether (sulfide) groups is 1. The first-order valence-electron chi connectivity index (χ1n) is 5.23. The number of carbonyl (C=O) groups is 1. The minimum atomic E-state index is -0.947. The van der Waals surface area contributed by atoms with Crippen molar-refractivity contribution in [3.63, 3.8) is 0 Å². The fourth-order valence-electron chi connectivity index (χ4n) is 1.68. The van der Waals surface area contributed by atoms with Crippen LogP contribution in [0, 0.1) is 6.92 Å². The van der Waals surface area contributed by atoms with Gasteiger partial charge in [-0.3, -0.25) is 0 Å². The van der Waals surface area contributed by atoms with Crippen LogP contribution in [0.15, 0.2) is 0 Å². The summed E-state index contributed by atoms with van der Waals surface area (Å²) in [4.78, 5) is 15.6.